The van der Waals surface area contributed by atoms with Crippen LogP contribution in [-0.2, 0) is 14.6 Å². The van der Waals surface area contributed by atoms with E-state index in [0.29, 0.717) is 6.42 Å². The topological polar surface area (TPSA) is 113 Å². The highest BCUT2D eigenvalue weighted by atomic mass is 32.2. The fraction of sp³-hybridized carbons (Fsp3) is 0.417. The molecule has 1 aromatic rings. The van der Waals surface area contributed by atoms with Crippen molar-refractivity contribution in [1.29, 1.82) is 0 Å². The Morgan fingerprint density at radius 2 is 2.24 bits per heavy atom. The lowest BCUT2D eigenvalue weighted by molar-refractivity contribution is -0.113. The van der Waals surface area contributed by atoms with Gasteiger partial charge in [0.15, 0.2) is 15.5 Å². The Balaban J connectivity index is 1.90. The van der Waals surface area contributed by atoms with Crippen LogP contribution in [0.5, 0.6) is 0 Å². The van der Waals surface area contributed by atoms with Crippen LogP contribution in [0.15, 0.2) is 18.3 Å². The number of aromatic nitrogens is 1. The van der Waals surface area contributed by atoms with E-state index in [1.165, 1.54) is 30.1 Å². The SMILES string of the molecule is O=C(CSC1CCS(=O)(=O)C1)Nc1cccnc1C(=O)O. The van der Waals surface area contributed by atoms with Crippen molar-refractivity contribution in [2.45, 2.75) is 11.7 Å². The predicted molar refractivity (Wildman–Crippen MR) is 79.3 cm³/mol. The molecular formula is C12H14N2O5S2. The van der Waals surface area contributed by atoms with Crippen LogP contribution in [0.3, 0.4) is 0 Å². The lowest BCUT2D eigenvalue weighted by atomic mass is 10.3. The second-order valence-electron chi connectivity index (χ2n) is 4.59. The zero-order valence-corrected chi connectivity index (χ0v) is 12.6. The third-order valence-electron chi connectivity index (χ3n) is 2.93. The fourth-order valence-corrected chi connectivity index (χ4v) is 5.39. The molecule has 2 rings (SSSR count). The smallest absolute Gasteiger partial charge is 0.356 e. The number of rotatable bonds is 5. The number of pyridine rings is 1. The third-order valence-corrected chi connectivity index (χ3v) is 6.21. The average molecular weight is 330 g/mol. The minimum Gasteiger partial charge on any atom is -0.476 e. The number of anilines is 1. The average Bonchev–Trinajstić information content (AvgIpc) is 2.76. The molecular weight excluding hydrogens is 316 g/mol. The third kappa shape index (κ3) is 4.43. The van der Waals surface area contributed by atoms with Crippen molar-refractivity contribution in [3.05, 3.63) is 24.0 Å². The number of hydrogen-bond acceptors (Lipinski definition) is 6. The van der Waals surface area contributed by atoms with E-state index in [1.54, 1.807) is 0 Å². The Labute approximate surface area is 126 Å². The molecule has 114 valence electrons. The van der Waals surface area contributed by atoms with Crippen molar-refractivity contribution in [3.8, 4) is 0 Å². The molecule has 1 atom stereocenters. The number of thioether (sulfide) groups is 1. The normalized spacial score (nSPS) is 20.1. The summed E-state index contributed by atoms with van der Waals surface area (Å²) in [5.74, 6) is -1.26. The number of carbonyl (C=O) groups excluding carboxylic acids is 1. The van der Waals surface area contributed by atoms with Crippen molar-refractivity contribution in [2.24, 2.45) is 0 Å². The molecule has 9 heteroatoms. The number of carboxylic acid groups (broad SMARTS) is 1. The van der Waals surface area contributed by atoms with Crippen LogP contribution in [0.25, 0.3) is 0 Å². The summed E-state index contributed by atoms with van der Waals surface area (Å²) in [6.45, 7) is 0. The van der Waals surface area contributed by atoms with Gasteiger partial charge in [0.1, 0.15) is 0 Å². The minimum atomic E-state index is -2.96. The molecule has 0 aromatic carbocycles. The van der Waals surface area contributed by atoms with Gasteiger partial charge in [-0.3, -0.25) is 4.79 Å². The van der Waals surface area contributed by atoms with Crippen molar-refractivity contribution < 1.29 is 23.1 Å². The number of carboxylic acids is 1. The molecule has 1 amide bonds. The van der Waals surface area contributed by atoms with E-state index in [2.05, 4.69) is 10.3 Å². The van der Waals surface area contributed by atoms with Crippen molar-refractivity contribution in [2.75, 3.05) is 22.6 Å². The van der Waals surface area contributed by atoms with E-state index in [0.717, 1.165) is 0 Å². The Morgan fingerprint density at radius 3 is 2.86 bits per heavy atom. The number of hydrogen-bond donors (Lipinski definition) is 2. The van der Waals surface area contributed by atoms with Gasteiger partial charge in [0.2, 0.25) is 5.91 Å². The molecule has 1 aliphatic rings. The Kier molecular flexibility index (Phi) is 4.84. The van der Waals surface area contributed by atoms with Gasteiger partial charge in [0.25, 0.3) is 0 Å². The van der Waals surface area contributed by atoms with Gasteiger partial charge < -0.3 is 10.4 Å². The Morgan fingerprint density at radius 1 is 1.48 bits per heavy atom. The second-order valence-corrected chi connectivity index (χ2v) is 8.11. The van der Waals surface area contributed by atoms with Crippen LogP contribution < -0.4 is 5.32 Å². The van der Waals surface area contributed by atoms with E-state index >= 15 is 0 Å². The van der Waals surface area contributed by atoms with Gasteiger partial charge in [0.05, 0.1) is 22.9 Å². The first-order valence-electron chi connectivity index (χ1n) is 6.17. The van der Waals surface area contributed by atoms with Crippen molar-refractivity contribution in [1.82, 2.24) is 4.98 Å². The summed E-state index contributed by atoms with van der Waals surface area (Å²) in [5, 5.41) is 11.4. The van der Waals surface area contributed by atoms with Gasteiger partial charge in [0, 0.05) is 11.4 Å². The molecule has 21 heavy (non-hydrogen) atoms. The Hall–Kier alpha value is -1.61. The number of aromatic carboxylic acids is 1. The number of sulfone groups is 1. The summed E-state index contributed by atoms with van der Waals surface area (Å²) < 4.78 is 22.6. The summed E-state index contributed by atoms with van der Waals surface area (Å²) in [7, 11) is -2.96. The number of nitrogens with one attached hydrogen (secondary N) is 1. The highest BCUT2D eigenvalue weighted by Gasteiger charge is 2.28. The zero-order chi connectivity index (χ0) is 15.5. The maximum Gasteiger partial charge on any atom is 0.356 e. The number of amides is 1. The Bertz CT molecular complexity index is 659. The second kappa shape index (κ2) is 6.44. The van der Waals surface area contributed by atoms with Gasteiger partial charge >= 0.3 is 5.97 Å². The lowest BCUT2D eigenvalue weighted by Crippen LogP contribution is -2.19. The number of nitrogens with zero attached hydrogens (tertiary/aromatic N) is 1. The van der Waals surface area contributed by atoms with E-state index < -0.39 is 15.8 Å². The maximum absolute atomic E-state index is 11.8. The molecule has 0 radical (unpaired) electrons. The van der Waals surface area contributed by atoms with Crippen LogP contribution in [-0.4, -0.2) is 52.9 Å². The van der Waals surface area contributed by atoms with Crippen LogP contribution in [0.4, 0.5) is 5.69 Å². The molecule has 2 N–H and O–H groups in total. The highest BCUT2D eigenvalue weighted by molar-refractivity contribution is 8.02. The zero-order valence-electron chi connectivity index (χ0n) is 11.0. The molecule has 1 unspecified atom stereocenters. The first kappa shape index (κ1) is 15.8. The highest BCUT2D eigenvalue weighted by Crippen LogP contribution is 2.24. The molecule has 1 saturated heterocycles. The molecule has 1 aromatic heterocycles. The van der Waals surface area contributed by atoms with Gasteiger partial charge in [-0.2, -0.15) is 0 Å². The molecule has 0 aliphatic carbocycles. The summed E-state index contributed by atoms with van der Waals surface area (Å²) in [4.78, 5) is 26.4. The quantitative estimate of drug-likeness (QED) is 0.814. The van der Waals surface area contributed by atoms with Gasteiger partial charge in [-0.1, -0.05) is 0 Å². The molecule has 0 saturated carbocycles. The van der Waals surface area contributed by atoms with Crippen LogP contribution >= 0.6 is 11.8 Å². The van der Waals surface area contributed by atoms with Gasteiger partial charge in [-0.25, -0.2) is 18.2 Å². The first-order valence-corrected chi connectivity index (χ1v) is 9.04. The van der Waals surface area contributed by atoms with Crippen LogP contribution in [0, 0.1) is 0 Å². The van der Waals surface area contributed by atoms with Crippen LogP contribution in [0.1, 0.15) is 16.9 Å². The van der Waals surface area contributed by atoms with E-state index in [1.807, 2.05) is 0 Å². The van der Waals surface area contributed by atoms with E-state index in [9.17, 15) is 18.0 Å². The van der Waals surface area contributed by atoms with Crippen LogP contribution in [0.2, 0.25) is 0 Å². The monoisotopic (exact) mass is 330 g/mol. The maximum atomic E-state index is 11.8. The van der Waals surface area contributed by atoms with E-state index in [-0.39, 0.29) is 39.8 Å². The van der Waals surface area contributed by atoms with Gasteiger partial charge in [-0.05, 0) is 18.6 Å². The summed E-state index contributed by atoms with van der Waals surface area (Å²) in [6, 6.07) is 2.98. The number of carbonyl (C=O) groups is 2. The molecule has 2 heterocycles. The summed E-state index contributed by atoms with van der Waals surface area (Å²) in [5.41, 5.74) is -0.0889. The predicted octanol–water partition coefficient (Wildman–Crippen LogP) is 0.639. The summed E-state index contributed by atoms with van der Waals surface area (Å²) >= 11 is 1.27. The largest absolute Gasteiger partial charge is 0.476 e. The molecule has 0 bridgehead atoms. The van der Waals surface area contributed by atoms with E-state index in [4.69, 9.17) is 5.11 Å². The molecule has 1 fully saturated rings. The molecule has 0 spiro atoms. The molecule has 7 nitrogen and oxygen atoms in total. The fourth-order valence-electron chi connectivity index (χ4n) is 1.95. The van der Waals surface area contributed by atoms with Gasteiger partial charge in [-0.15, -0.1) is 11.8 Å². The summed E-state index contributed by atoms with van der Waals surface area (Å²) in [6.07, 6.45) is 1.88. The lowest BCUT2D eigenvalue weighted by Gasteiger charge is -2.09. The first-order chi connectivity index (χ1) is 9.87. The molecule has 1 aliphatic heterocycles. The minimum absolute atomic E-state index is 0.0754. The van der Waals surface area contributed by atoms with Crippen molar-refractivity contribution in [3.63, 3.8) is 0 Å². The van der Waals surface area contributed by atoms with Crippen molar-refractivity contribution >= 4 is 39.2 Å². The standard InChI is InChI=1S/C12H14N2O5S2/c15-10(6-20-8-3-5-21(18,19)7-8)14-9-2-1-4-13-11(9)12(16)17/h1-2,4,8H,3,5-7H2,(H,14,15)(H,16,17).